The Morgan fingerprint density at radius 1 is 1.29 bits per heavy atom. The van der Waals surface area contributed by atoms with E-state index in [9.17, 15) is 4.79 Å². The first kappa shape index (κ1) is 25.0. The van der Waals surface area contributed by atoms with Crippen molar-refractivity contribution in [2.75, 3.05) is 19.6 Å². The third-order valence-electron chi connectivity index (χ3n) is 4.66. The van der Waals surface area contributed by atoms with Gasteiger partial charge in [-0.2, -0.15) is 5.10 Å². The highest BCUT2D eigenvalue weighted by Crippen LogP contribution is 2.13. The first-order chi connectivity index (χ1) is 14.3. The lowest BCUT2D eigenvalue weighted by molar-refractivity contribution is 0.0507. The van der Waals surface area contributed by atoms with Crippen molar-refractivity contribution in [2.24, 2.45) is 4.99 Å². The largest absolute Gasteiger partial charge is 0.444 e. The molecule has 1 amide bonds. The van der Waals surface area contributed by atoms with Crippen molar-refractivity contribution < 1.29 is 9.53 Å². The average molecular weight is 540 g/mol. The number of guanidine groups is 1. The summed E-state index contributed by atoms with van der Waals surface area (Å²) in [6.07, 6.45) is 4.18. The van der Waals surface area contributed by atoms with Crippen molar-refractivity contribution in [1.29, 1.82) is 0 Å². The fraction of sp³-hybridized carbons (Fsp3) is 0.500. The van der Waals surface area contributed by atoms with Gasteiger partial charge < -0.3 is 20.3 Å². The first-order valence-corrected chi connectivity index (χ1v) is 10.5. The molecule has 1 saturated heterocycles. The van der Waals surface area contributed by atoms with Gasteiger partial charge in [0.1, 0.15) is 5.60 Å². The van der Waals surface area contributed by atoms with E-state index in [1.165, 1.54) is 0 Å². The highest BCUT2D eigenvalue weighted by molar-refractivity contribution is 14.0. The summed E-state index contributed by atoms with van der Waals surface area (Å²) in [4.78, 5) is 19.0. The van der Waals surface area contributed by atoms with Gasteiger partial charge in [0, 0.05) is 32.0 Å². The zero-order chi connectivity index (χ0) is 21.6. The van der Waals surface area contributed by atoms with Crippen molar-refractivity contribution in [3.63, 3.8) is 0 Å². The second-order valence-corrected chi connectivity index (χ2v) is 8.37. The molecule has 0 radical (unpaired) electrons. The molecule has 2 aromatic rings. The molecular formula is C22H33IN6O2. The number of carbonyl (C=O) groups is 1. The molecule has 1 fully saturated rings. The number of hydrogen-bond donors (Lipinski definition) is 2. The molecule has 1 atom stereocenters. The lowest BCUT2D eigenvalue weighted by Crippen LogP contribution is -2.44. The number of aromatic nitrogens is 2. The molecule has 0 saturated carbocycles. The van der Waals surface area contributed by atoms with Crippen LogP contribution in [0.3, 0.4) is 0 Å². The van der Waals surface area contributed by atoms with E-state index >= 15 is 0 Å². The van der Waals surface area contributed by atoms with Crippen LogP contribution < -0.4 is 10.6 Å². The van der Waals surface area contributed by atoms with Crippen LogP contribution in [0.5, 0.6) is 0 Å². The number of aliphatic imine (C=N–C) groups is 1. The van der Waals surface area contributed by atoms with Gasteiger partial charge in [-0.1, -0.05) is 12.1 Å². The summed E-state index contributed by atoms with van der Waals surface area (Å²) in [7, 11) is 0. The van der Waals surface area contributed by atoms with Gasteiger partial charge in [-0.3, -0.25) is 0 Å². The zero-order valence-electron chi connectivity index (χ0n) is 18.7. The molecule has 1 aliphatic heterocycles. The van der Waals surface area contributed by atoms with Crippen molar-refractivity contribution in [2.45, 2.75) is 52.3 Å². The summed E-state index contributed by atoms with van der Waals surface area (Å²) >= 11 is 0. The molecule has 170 valence electrons. The van der Waals surface area contributed by atoms with E-state index in [-0.39, 0.29) is 36.1 Å². The summed E-state index contributed by atoms with van der Waals surface area (Å²) in [5.74, 6) is 0.863. The summed E-state index contributed by atoms with van der Waals surface area (Å²) in [6.45, 7) is 10.6. The van der Waals surface area contributed by atoms with E-state index in [0.717, 1.165) is 36.7 Å². The number of nitrogens with zero attached hydrogens (tertiary/aromatic N) is 4. The Labute approximate surface area is 201 Å². The topological polar surface area (TPSA) is 83.8 Å². The normalized spacial score (nSPS) is 16.6. The molecule has 8 nitrogen and oxygen atoms in total. The molecule has 9 heteroatoms. The lowest BCUT2D eigenvalue weighted by atomic mass is 10.2. The fourth-order valence-corrected chi connectivity index (χ4v) is 3.31. The maximum atomic E-state index is 12.0. The van der Waals surface area contributed by atoms with E-state index in [0.29, 0.717) is 13.1 Å². The lowest BCUT2D eigenvalue weighted by Gasteiger charge is -2.23. The molecule has 0 bridgehead atoms. The molecule has 1 aromatic heterocycles. The zero-order valence-corrected chi connectivity index (χ0v) is 21.0. The molecule has 2 heterocycles. The Hall–Kier alpha value is -2.30. The van der Waals surface area contributed by atoms with Gasteiger partial charge in [0.2, 0.25) is 0 Å². The predicted octanol–water partition coefficient (Wildman–Crippen LogP) is 3.55. The van der Waals surface area contributed by atoms with E-state index in [4.69, 9.17) is 9.73 Å². The van der Waals surface area contributed by atoms with Crippen LogP contribution in [0.1, 0.15) is 39.7 Å². The summed E-state index contributed by atoms with van der Waals surface area (Å²) in [5, 5.41) is 10.6. The van der Waals surface area contributed by atoms with Gasteiger partial charge in [-0.15, -0.1) is 24.0 Å². The van der Waals surface area contributed by atoms with Gasteiger partial charge in [0.05, 0.1) is 18.3 Å². The third kappa shape index (κ3) is 7.71. The van der Waals surface area contributed by atoms with Crippen LogP contribution in [-0.2, 0) is 11.3 Å². The van der Waals surface area contributed by atoms with Crippen molar-refractivity contribution in [3.05, 3.63) is 48.3 Å². The number of amides is 1. The maximum absolute atomic E-state index is 12.0. The summed E-state index contributed by atoms with van der Waals surface area (Å²) in [5.41, 5.74) is 1.66. The maximum Gasteiger partial charge on any atom is 0.407 e. The van der Waals surface area contributed by atoms with E-state index < -0.39 is 5.60 Å². The number of likely N-dealkylation sites (tertiary alicyclic amines) is 1. The number of halogens is 1. The van der Waals surface area contributed by atoms with E-state index in [2.05, 4.69) is 39.7 Å². The summed E-state index contributed by atoms with van der Waals surface area (Å²) < 4.78 is 7.20. The van der Waals surface area contributed by atoms with E-state index in [1.54, 1.807) is 6.20 Å². The molecule has 0 aliphatic carbocycles. The minimum absolute atomic E-state index is 0. The molecular weight excluding hydrogens is 507 g/mol. The summed E-state index contributed by atoms with van der Waals surface area (Å²) in [6, 6.07) is 10.2. The SMILES string of the molecule is CCNC(=NCc1ccc(-n2cccn2)cc1)N1CCC(NC(=O)OC(C)(C)C)C1.I. The van der Waals surface area contributed by atoms with Crippen molar-refractivity contribution >= 4 is 36.0 Å². The van der Waals surface area contributed by atoms with Crippen LogP contribution in [0.15, 0.2) is 47.7 Å². The van der Waals surface area contributed by atoms with Crippen LogP contribution in [-0.4, -0.2) is 58.0 Å². The third-order valence-corrected chi connectivity index (χ3v) is 4.66. The molecule has 3 rings (SSSR count). The monoisotopic (exact) mass is 540 g/mol. The second-order valence-electron chi connectivity index (χ2n) is 8.37. The molecule has 31 heavy (non-hydrogen) atoms. The Morgan fingerprint density at radius 2 is 2.03 bits per heavy atom. The molecule has 2 N–H and O–H groups in total. The molecule has 1 aliphatic rings. The Morgan fingerprint density at radius 3 is 2.65 bits per heavy atom. The highest BCUT2D eigenvalue weighted by Gasteiger charge is 2.27. The smallest absolute Gasteiger partial charge is 0.407 e. The minimum Gasteiger partial charge on any atom is -0.444 e. The number of carbonyl (C=O) groups excluding carboxylic acids is 1. The predicted molar refractivity (Wildman–Crippen MR) is 133 cm³/mol. The quantitative estimate of drug-likeness (QED) is 0.345. The number of ether oxygens (including phenoxy) is 1. The van der Waals surface area contributed by atoms with Crippen LogP contribution in [0.4, 0.5) is 4.79 Å². The molecule has 1 aromatic carbocycles. The van der Waals surface area contributed by atoms with Gasteiger partial charge in [0.25, 0.3) is 0 Å². The Kier molecular flexibility index (Phi) is 9.15. The van der Waals surface area contributed by atoms with Gasteiger partial charge in [-0.25, -0.2) is 14.5 Å². The standard InChI is InChI=1S/C22H32N6O2.HI/c1-5-23-20(27-14-11-18(16-27)26-21(29)30-22(2,3)4)24-15-17-7-9-19(10-8-17)28-13-6-12-25-28;/h6-10,12-13,18H,5,11,14-16H2,1-4H3,(H,23,24)(H,26,29);1H. The number of rotatable bonds is 5. The Balaban J connectivity index is 0.00000341. The average Bonchev–Trinajstić information content (AvgIpc) is 3.36. The van der Waals surface area contributed by atoms with Crippen molar-refractivity contribution in [1.82, 2.24) is 25.3 Å². The van der Waals surface area contributed by atoms with Gasteiger partial charge >= 0.3 is 6.09 Å². The van der Waals surface area contributed by atoms with Gasteiger partial charge in [-0.05, 0) is 57.9 Å². The van der Waals surface area contributed by atoms with Crippen LogP contribution in [0, 0.1) is 0 Å². The van der Waals surface area contributed by atoms with E-state index in [1.807, 2.05) is 49.8 Å². The molecule has 0 spiro atoms. The van der Waals surface area contributed by atoms with Crippen LogP contribution >= 0.6 is 24.0 Å². The first-order valence-electron chi connectivity index (χ1n) is 10.5. The highest BCUT2D eigenvalue weighted by atomic mass is 127. The van der Waals surface area contributed by atoms with Crippen LogP contribution in [0.25, 0.3) is 5.69 Å². The van der Waals surface area contributed by atoms with Crippen molar-refractivity contribution in [3.8, 4) is 5.69 Å². The Bertz CT molecular complexity index is 846. The van der Waals surface area contributed by atoms with Crippen LogP contribution in [0.2, 0.25) is 0 Å². The minimum atomic E-state index is -0.494. The number of nitrogens with one attached hydrogen (secondary N) is 2. The number of benzene rings is 1. The van der Waals surface area contributed by atoms with Gasteiger partial charge in [0.15, 0.2) is 5.96 Å². The fourth-order valence-electron chi connectivity index (χ4n) is 3.31. The molecule has 1 unspecified atom stereocenters. The number of alkyl carbamates (subject to hydrolysis) is 1. The number of hydrogen-bond acceptors (Lipinski definition) is 4. The second kappa shape index (κ2) is 11.4.